The van der Waals surface area contributed by atoms with Crippen LogP contribution in [0.1, 0.15) is 29.3 Å². The molecule has 2 rings (SSSR count). The van der Waals surface area contributed by atoms with E-state index in [-0.39, 0.29) is 12.0 Å². The molecule has 1 aromatic rings. The van der Waals surface area contributed by atoms with Crippen LogP contribution in [-0.2, 0) is 6.42 Å². The molecular formula is C12H11F3O. The van der Waals surface area contributed by atoms with Gasteiger partial charge in [0.05, 0.1) is 0 Å². The first kappa shape index (κ1) is 11.2. The average Bonchev–Trinajstić information content (AvgIpc) is 2.22. The van der Waals surface area contributed by atoms with E-state index in [0.717, 1.165) is 6.92 Å². The molecule has 1 nitrogen and oxygen atoms in total. The number of hydrogen-bond donors (Lipinski definition) is 0. The highest BCUT2D eigenvalue weighted by molar-refractivity contribution is 6.03. The molecule has 0 spiro atoms. The van der Waals surface area contributed by atoms with Crippen molar-refractivity contribution in [2.24, 2.45) is 5.41 Å². The highest BCUT2D eigenvalue weighted by Crippen LogP contribution is 2.47. The van der Waals surface area contributed by atoms with Crippen molar-refractivity contribution < 1.29 is 18.0 Å². The van der Waals surface area contributed by atoms with Gasteiger partial charge in [0.2, 0.25) is 0 Å². The lowest BCUT2D eigenvalue weighted by Gasteiger charge is -2.34. The van der Waals surface area contributed by atoms with E-state index >= 15 is 0 Å². The Balaban J connectivity index is 2.50. The van der Waals surface area contributed by atoms with Crippen molar-refractivity contribution >= 4 is 5.78 Å². The van der Waals surface area contributed by atoms with Crippen molar-refractivity contribution in [3.8, 4) is 0 Å². The van der Waals surface area contributed by atoms with E-state index in [1.54, 1.807) is 18.2 Å². The Morgan fingerprint density at radius 2 is 1.88 bits per heavy atom. The number of hydrogen-bond acceptors (Lipinski definition) is 1. The molecule has 1 unspecified atom stereocenters. The maximum Gasteiger partial charge on any atom is 0.401 e. The van der Waals surface area contributed by atoms with Crippen LogP contribution in [0.5, 0.6) is 0 Å². The Kier molecular flexibility index (Phi) is 2.33. The van der Waals surface area contributed by atoms with Crippen LogP contribution < -0.4 is 0 Å². The van der Waals surface area contributed by atoms with Crippen LogP contribution in [0.15, 0.2) is 24.3 Å². The Morgan fingerprint density at radius 3 is 2.50 bits per heavy atom. The molecule has 0 N–H and O–H groups in total. The zero-order chi connectivity index (χ0) is 12.0. The van der Waals surface area contributed by atoms with Gasteiger partial charge in [0.1, 0.15) is 5.41 Å². The minimum absolute atomic E-state index is 0.160. The lowest BCUT2D eigenvalue weighted by Crippen LogP contribution is -2.45. The van der Waals surface area contributed by atoms with E-state index in [0.29, 0.717) is 12.0 Å². The molecule has 86 valence electrons. The van der Waals surface area contributed by atoms with Crippen LogP contribution >= 0.6 is 0 Å². The minimum Gasteiger partial charge on any atom is -0.293 e. The molecule has 1 aliphatic rings. The third kappa shape index (κ3) is 1.44. The van der Waals surface area contributed by atoms with E-state index < -0.39 is 17.4 Å². The maximum absolute atomic E-state index is 12.8. The number of carbonyl (C=O) groups excluding carboxylic acids is 1. The molecule has 16 heavy (non-hydrogen) atoms. The molecule has 0 aliphatic heterocycles. The van der Waals surface area contributed by atoms with Gasteiger partial charge in [-0.25, -0.2) is 0 Å². The van der Waals surface area contributed by atoms with Crippen molar-refractivity contribution in [1.29, 1.82) is 0 Å². The van der Waals surface area contributed by atoms with Crippen LogP contribution in [0.2, 0.25) is 0 Å². The molecule has 0 aromatic heterocycles. The molecular weight excluding hydrogens is 217 g/mol. The van der Waals surface area contributed by atoms with E-state index in [4.69, 9.17) is 0 Å². The fourth-order valence-corrected chi connectivity index (χ4v) is 2.03. The van der Waals surface area contributed by atoms with Crippen LogP contribution in [0.25, 0.3) is 0 Å². The molecule has 0 radical (unpaired) electrons. The smallest absolute Gasteiger partial charge is 0.293 e. The van der Waals surface area contributed by atoms with Gasteiger partial charge in [-0.2, -0.15) is 13.2 Å². The first-order chi connectivity index (χ1) is 7.36. The summed E-state index contributed by atoms with van der Waals surface area (Å²) in [7, 11) is 0. The van der Waals surface area contributed by atoms with Crippen LogP contribution in [0.3, 0.4) is 0 Å². The summed E-state index contributed by atoms with van der Waals surface area (Å²) in [4.78, 5) is 11.9. The van der Waals surface area contributed by atoms with Gasteiger partial charge in [0, 0.05) is 5.56 Å². The van der Waals surface area contributed by atoms with Crippen molar-refractivity contribution in [3.05, 3.63) is 35.4 Å². The summed E-state index contributed by atoms with van der Waals surface area (Å²) < 4.78 is 38.5. The number of alkyl halides is 3. The van der Waals surface area contributed by atoms with Crippen molar-refractivity contribution in [2.45, 2.75) is 25.9 Å². The summed E-state index contributed by atoms with van der Waals surface area (Å²) in [6.45, 7) is 0.991. The topological polar surface area (TPSA) is 17.1 Å². The van der Waals surface area contributed by atoms with Crippen molar-refractivity contribution in [1.82, 2.24) is 0 Å². The zero-order valence-electron chi connectivity index (χ0n) is 8.77. The van der Waals surface area contributed by atoms with Gasteiger partial charge in [-0.15, -0.1) is 0 Å². The Bertz CT molecular complexity index is 436. The average molecular weight is 228 g/mol. The molecule has 1 aromatic carbocycles. The summed E-state index contributed by atoms with van der Waals surface area (Å²) in [5, 5.41) is 0. The summed E-state index contributed by atoms with van der Waals surface area (Å²) >= 11 is 0. The molecule has 4 heteroatoms. The van der Waals surface area contributed by atoms with E-state index in [9.17, 15) is 18.0 Å². The molecule has 0 bridgehead atoms. The molecule has 0 heterocycles. The molecule has 0 fully saturated rings. The fourth-order valence-electron chi connectivity index (χ4n) is 2.03. The lowest BCUT2D eigenvalue weighted by atomic mass is 9.71. The number of ketones is 1. The number of aryl methyl sites for hydroxylation is 1. The SMILES string of the molecule is CC1(C(F)(F)F)CCc2ccccc2C1=O. The number of fused-ring (bicyclic) bond motifs is 1. The van der Waals surface area contributed by atoms with Gasteiger partial charge in [-0.05, 0) is 25.3 Å². The van der Waals surface area contributed by atoms with Gasteiger partial charge >= 0.3 is 6.18 Å². The second-order valence-electron chi connectivity index (χ2n) is 4.32. The predicted molar refractivity (Wildman–Crippen MR) is 53.3 cm³/mol. The Hall–Kier alpha value is -1.32. The van der Waals surface area contributed by atoms with Gasteiger partial charge < -0.3 is 0 Å². The maximum atomic E-state index is 12.8. The highest BCUT2D eigenvalue weighted by Gasteiger charge is 2.57. The van der Waals surface area contributed by atoms with Gasteiger partial charge in [0.25, 0.3) is 0 Å². The Morgan fingerprint density at radius 1 is 1.25 bits per heavy atom. The number of benzene rings is 1. The Labute approximate surface area is 91.3 Å². The standard InChI is InChI=1S/C12H11F3O/c1-11(12(13,14)15)7-6-8-4-2-3-5-9(8)10(11)16/h2-5H,6-7H2,1H3. The normalized spacial score (nSPS) is 25.4. The third-order valence-corrected chi connectivity index (χ3v) is 3.28. The van der Waals surface area contributed by atoms with Gasteiger partial charge in [-0.3, -0.25) is 4.79 Å². The summed E-state index contributed by atoms with van der Waals surface area (Å²) in [5.41, 5.74) is -1.29. The monoisotopic (exact) mass is 228 g/mol. The minimum atomic E-state index is -4.47. The highest BCUT2D eigenvalue weighted by atomic mass is 19.4. The number of carbonyl (C=O) groups is 1. The van der Waals surface area contributed by atoms with Crippen molar-refractivity contribution in [2.75, 3.05) is 0 Å². The molecule has 0 saturated heterocycles. The first-order valence-corrected chi connectivity index (χ1v) is 5.06. The zero-order valence-corrected chi connectivity index (χ0v) is 8.77. The van der Waals surface area contributed by atoms with Gasteiger partial charge in [-0.1, -0.05) is 24.3 Å². The van der Waals surface area contributed by atoms with Crippen LogP contribution in [0, 0.1) is 5.41 Å². The van der Waals surface area contributed by atoms with E-state index in [2.05, 4.69) is 0 Å². The number of rotatable bonds is 0. The lowest BCUT2D eigenvalue weighted by molar-refractivity contribution is -0.201. The molecule has 1 atom stereocenters. The largest absolute Gasteiger partial charge is 0.401 e. The molecule has 0 amide bonds. The number of Topliss-reactive ketones (excluding diaryl/α,β-unsaturated/α-hetero) is 1. The summed E-state index contributed by atoms with van der Waals surface area (Å²) in [6, 6.07) is 6.52. The second kappa shape index (κ2) is 3.34. The predicted octanol–water partition coefficient (Wildman–Crippen LogP) is 3.38. The summed E-state index contributed by atoms with van der Waals surface area (Å²) in [5.74, 6) is -0.804. The second-order valence-corrected chi connectivity index (χ2v) is 4.32. The number of halogens is 3. The van der Waals surface area contributed by atoms with Gasteiger partial charge in [0.15, 0.2) is 5.78 Å². The molecule has 0 saturated carbocycles. The van der Waals surface area contributed by atoms with Crippen molar-refractivity contribution in [3.63, 3.8) is 0 Å². The van der Waals surface area contributed by atoms with E-state index in [1.165, 1.54) is 6.07 Å². The first-order valence-electron chi connectivity index (χ1n) is 5.06. The van der Waals surface area contributed by atoms with E-state index in [1.807, 2.05) is 0 Å². The molecule has 1 aliphatic carbocycles. The summed E-state index contributed by atoms with van der Waals surface area (Å²) in [6.07, 6.45) is -4.33. The quantitative estimate of drug-likeness (QED) is 0.665. The van der Waals surface area contributed by atoms with Crippen LogP contribution in [-0.4, -0.2) is 12.0 Å². The fraction of sp³-hybridized carbons (Fsp3) is 0.417. The third-order valence-electron chi connectivity index (χ3n) is 3.28. The van der Waals surface area contributed by atoms with Crippen LogP contribution in [0.4, 0.5) is 13.2 Å².